The van der Waals surface area contributed by atoms with E-state index in [4.69, 9.17) is 16.7 Å². The Balaban J connectivity index is 3.02. The fourth-order valence-corrected chi connectivity index (χ4v) is 1.18. The minimum atomic E-state index is -0.00740. The summed E-state index contributed by atoms with van der Waals surface area (Å²) in [5.41, 5.74) is 1.81. The van der Waals surface area contributed by atoms with Crippen LogP contribution in [0.3, 0.4) is 0 Å². The molecule has 0 aliphatic carbocycles. The van der Waals surface area contributed by atoms with Crippen LogP contribution in [0.15, 0.2) is 18.2 Å². The number of hydrogen-bond donors (Lipinski definition) is 1. The van der Waals surface area contributed by atoms with Crippen LogP contribution in [0.25, 0.3) is 0 Å². The van der Waals surface area contributed by atoms with Crippen molar-refractivity contribution in [2.75, 3.05) is 19.0 Å². The van der Waals surface area contributed by atoms with Crippen LogP contribution in [0.4, 0.5) is 5.69 Å². The van der Waals surface area contributed by atoms with Crippen LogP contribution in [0.1, 0.15) is 5.56 Å². The van der Waals surface area contributed by atoms with Crippen molar-refractivity contribution >= 4 is 17.3 Å². The second-order valence-electron chi connectivity index (χ2n) is 2.83. The molecule has 0 spiro atoms. The SMILES string of the molecule is CN(C)c1ccc(CO)c(Cl)c1. The van der Waals surface area contributed by atoms with E-state index < -0.39 is 0 Å². The van der Waals surface area contributed by atoms with E-state index in [0.717, 1.165) is 11.3 Å². The van der Waals surface area contributed by atoms with E-state index in [0.29, 0.717) is 5.02 Å². The zero-order valence-electron chi connectivity index (χ0n) is 7.21. The van der Waals surface area contributed by atoms with E-state index in [9.17, 15) is 0 Å². The van der Waals surface area contributed by atoms with Gasteiger partial charge in [-0.25, -0.2) is 0 Å². The minimum Gasteiger partial charge on any atom is -0.392 e. The first-order valence-electron chi connectivity index (χ1n) is 3.71. The van der Waals surface area contributed by atoms with Crippen molar-refractivity contribution in [1.29, 1.82) is 0 Å². The highest BCUT2D eigenvalue weighted by molar-refractivity contribution is 6.31. The van der Waals surface area contributed by atoms with Gasteiger partial charge in [0.1, 0.15) is 0 Å². The standard InChI is InChI=1S/C9H12ClNO/c1-11(2)8-4-3-7(6-12)9(10)5-8/h3-5,12H,6H2,1-2H3. The average Bonchev–Trinajstić information content (AvgIpc) is 2.04. The lowest BCUT2D eigenvalue weighted by atomic mass is 10.2. The normalized spacial score (nSPS) is 10.0. The number of aliphatic hydroxyl groups excluding tert-OH is 1. The molecule has 1 rings (SSSR count). The number of aliphatic hydroxyl groups is 1. The summed E-state index contributed by atoms with van der Waals surface area (Å²) in [6.07, 6.45) is 0. The van der Waals surface area contributed by atoms with Gasteiger partial charge in [-0.2, -0.15) is 0 Å². The van der Waals surface area contributed by atoms with Crippen LogP contribution in [-0.2, 0) is 6.61 Å². The topological polar surface area (TPSA) is 23.5 Å². The van der Waals surface area contributed by atoms with Gasteiger partial charge in [0.05, 0.1) is 6.61 Å². The molecule has 0 heterocycles. The van der Waals surface area contributed by atoms with Gasteiger partial charge in [0, 0.05) is 24.8 Å². The average molecular weight is 186 g/mol. The number of halogens is 1. The number of nitrogens with zero attached hydrogens (tertiary/aromatic N) is 1. The molecule has 0 fully saturated rings. The molecule has 0 saturated heterocycles. The molecule has 1 N–H and O–H groups in total. The summed E-state index contributed by atoms with van der Waals surface area (Å²) in [5, 5.41) is 9.46. The molecular formula is C9H12ClNO. The summed E-state index contributed by atoms with van der Waals surface area (Å²) < 4.78 is 0. The fourth-order valence-electron chi connectivity index (χ4n) is 0.943. The third-order valence-electron chi connectivity index (χ3n) is 1.72. The molecule has 0 aliphatic rings. The summed E-state index contributed by atoms with van der Waals surface area (Å²) in [6.45, 7) is -0.00740. The quantitative estimate of drug-likeness (QED) is 0.761. The zero-order chi connectivity index (χ0) is 9.14. The van der Waals surface area contributed by atoms with Crippen molar-refractivity contribution < 1.29 is 5.11 Å². The van der Waals surface area contributed by atoms with E-state index in [1.54, 1.807) is 0 Å². The summed E-state index contributed by atoms with van der Waals surface area (Å²) >= 11 is 5.89. The number of benzene rings is 1. The maximum Gasteiger partial charge on any atom is 0.0696 e. The molecule has 66 valence electrons. The maximum atomic E-state index is 8.85. The van der Waals surface area contributed by atoms with E-state index >= 15 is 0 Å². The van der Waals surface area contributed by atoms with Crippen LogP contribution in [0.2, 0.25) is 5.02 Å². The van der Waals surface area contributed by atoms with Crippen LogP contribution in [-0.4, -0.2) is 19.2 Å². The molecule has 1 aromatic rings. The van der Waals surface area contributed by atoms with Crippen molar-refractivity contribution in [3.63, 3.8) is 0 Å². The minimum absolute atomic E-state index is 0.00740. The highest BCUT2D eigenvalue weighted by Gasteiger charge is 2.01. The summed E-state index contributed by atoms with van der Waals surface area (Å²) in [7, 11) is 3.90. The second-order valence-corrected chi connectivity index (χ2v) is 3.24. The van der Waals surface area contributed by atoms with Gasteiger partial charge in [-0.3, -0.25) is 0 Å². The molecule has 0 unspecified atom stereocenters. The Kier molecular flexibility index (Phi) is 2.95. The maximum absolute atomic E-state index is 8.85. The lowest BCUT2D eigenvalue weighted by molar-refractivity contribution is 0.282. The molecule has 0 radical (unpaired) electrons. The number of hydrogen-bond acceptors (Lipinski definition) is 2. The van der Waals surface area contributed by atoms with Crippen molar-refractivity contribution in [1.82, 2.24) is 0 Å². The van der Waals surface area contributed by atoms with Gasteiger partial charge < -0.3 is 10.0 Å². The first-order valence-corrected chi connectivity index (χ1v) is 4.09. The number of rotatable bonds is 2. The van der Waals surface area contributed by atoms with Crippen LogP contribution >= 0.6 is 11.6 Å². The Morgan fingerprint density at radius 1 is 1.42 bits per heavy atom. The Morgan fingerprint density at radius 2 is 2.08 bits per heavy atom. The lowest BCUT2D eigenvalue weighted by Gasteiger charge is -2.13. The van der Waals surface area contributed by atoms with E-state index in [1.165, 1.54) is 0 Å². The Bertz CT molecular complexity index is 273. The Hall–Kier alpha value is -0.730. The molecule has 0 aliphatic heterocycles. The molecule has 0 saturated carbocycles. The van der Waals surface area contributed by atoms with Crippen LogP contribution < -0.4 is 4.90 Å². The molecule has 2 nitrogen and oxygen atoms in total. The van der Waals surface area contributed by atoms with Crippen molar-refractivity contribution in [3.8, 4) is 0 Å². The molecule has 1 aromatic carbocycles. The van der Waals surface area contributed by atoms with E-state index in [-0.39, 0.29) is 6.61 Å². The molecule has 0 aromatic heterocycles. The van der Waals surface area contributed by atoms with Gasteiger partial charge in [-0.05, 0) is 17.7 Å². The van der Waals surface area contributed by atoms with Crippen LogP contribution in [0.5, 0.6) is 0 Å². The van der Waals surface area contributed by atoms with Crippen molar-refractivity contribution in [2.45, 2.75) is 6.61 Å². The molecule has 0 amide bonds. The van der Waals surface area contributed by atoms with E-state index in [2.05, 4.69) is 0 Å². The summed E-state index contributed by atoms with van der Waals surface area (Å²) in [6, 6.07) is 5.60. The largest absolute Gasteiger partial charge is 0.392 e. The van der Waals surface area contributed by atoms with Gasteiger partial charge in [0.15, 0.2) is 0 Å². The van der Waals surface area contributed by atoms with Gasteiger partial charge in [-0.1, -0.05) is 17.7 Å². The van der Waals surface area contributed by atoms with Gasteiger partial charge in [0.25, 0.3) is 0 Å². The lowest BCUT2D eigenvalue weighted by Crippen LogP contribution is -2.08. The molecule has 12 heavy (non-hydrogen) atoms. The predicted octanol–water partition coefficient (Wildman–Crippen LogP) is 1.90. The van der Waals surface area contributed by atoms with Gasteiger partial charge in [-0.15, -0.1) is 0 Å². The smallest absolute Gasteiger partial charge is 0.0696 e. The first-order chi connectivity index (χ1) is 5.65. The second kappa shape index (κ2) is 3.78. The molecule has 0 atom stereocenters. The summed E-state index contributed by atoms with van der Waals surface area (Å²) in [4.78, 5) is 1.97. The highest BCUT2D eigenvalue weighted by atomic mass is 35.5. The van der Waals surface area contributed by atoms with Crippen molar-refractivity contribution in [2.24, 2.45) is 0 Å². The van der Waals surface area contributed by atoms with Gasteiger partial charge in [0.2, 0.25) is 0 Å². The molecule has 3 heteroatoms. The van der Waals surface area contributed by atoms with Gasteiger partial charge >= 0.3 is 0 Å². The number of anilines is 1. The third-order valence-corrected chi connectivity index (χ3v) is 2.08. The molecular weight excluding hydrogens is 174 g/mol. The third kappa shape index (κ3) is 1.90. The Morgan fingerprint density at radius 3 is 2.50 bits per heavy atom. The fraction of sp³-hybridized carbons (Fsp3) is 0.333. The monoisotopic (exact) mass is 185 g/mol. The van der Waals surface area contributed by atoms with E-state index in [1.807, 2.05) is 37.2 Å². The zero-order valence-corrected chi connectivity index (χ0v) is 7.97. The molecule has 0 bridgehead atoms. The van der Waals surface area contributed by atoms with Crippen LogP contribution in [0, 0.1) is 0 Å². The van der Waals surface area contributed by atoms with Crippen molar-refractivity contribution in [3.05, 3.63) is 28.8 Å². The Labute approximate surface area is 77.4 Å². The first kappa shape index (κ1) is 9.36. The predicted molar refractivity (Wildman–Crippen MR) is 51.7 cm³/mol. The summed E-state index contributed by atoms with van der Waals surface area (Å²) in [5.74, 6) is 0. The highest BCUT2D eigenvalue weighted by Crippen LogP contribution is 2.22.